The monoisotopic (exact) mass is 872 g/mol. The molecule has 0 saturated heterocycles. The predicted molar refractivity (Wildman–Crippen MR) is 183 cm³/mol. The van der Waals surface area contributed by atoms with Crippen LogP contribution in [0.25, 0.3) is 0 Å². The van der Waals surface area contributed by atoms with E-state index in [0.717, 1.165) is 0 Å². The standard InChI is InChI=1S/4C10H15.N2.2Sm/c4*1-6-7(2)9(4)10(5)8(6)3;1-2;;/h4*1-5H3;;;. The van der Waals surface area contributed by atoms with Gasteiger partial charge in [-0.15, -0.1) is 0 Å². The second-order valence-corrected chi connectivity index (χ2v) is 12.5. The predicted octanol–water partition coefficient (Wildman–Crippen LogP) is 10.9. The zero-order valence-electron chi connectivity index (χ0n) is 31.7. The Balaban J connectivity index is -0.000000492. The Labute approximate surface area is 345 Å². The molecule has 0 aromatic heterocycles. The first-order chi connectivity index (χ1) is 19.2. The van der Waals surface area contributed by atoms with Gasteiger partial charge in [0.15, 0.2) is 0 Å². The van der Waals surface area contributed by atoms with Gasteiger partial charge in [-0.05, 0) is 118 Å². The van der Waals surface area contributed by atoms with Crippen molar-refractivity contribution in [3.63, 3.8) is 0 Å². The average Bonchev–Trinajstić information content (AvgIpc) is 3.43. The third-order valence-corrected chi connectivity index (χ3v) is 11.2. The smallest absolute Gasteiger partial charge is 0 e. The van der Waals surface area contributed by atoms with Gasteiger partial charge < -0.3 is 0 Å². The summed E-state index contributed by atoms with van der Waals surface area (Å²) >= 11 is 0. The molecule has 4 rings (SSSR count). The second-order valence-electron chi connectivity index (χ2n) is 12.5. The van der Waals surface area contributed by atoms with E-state index in [1.54, 1.807) is 0 Å². The maximum Gasteiger partial charge on any atom is 0 e. The summed E-state index contributed by atoms with van der Waals surface area (Å²) in [4.78, 5) is 0. The summed E-state index contributed by atoms with van der Waals surface area (Å²) in [5.41, 5.74) is 0. The summed E-state index contributed by atoms with van der Waals surface area (Å²) < 4.78 is 0. The fraction of sp³-hybridized carbons (Fsp3) is 0.500. The van der Waals surface area contributed by atoms with Crippen molar-refractivity contribution in [2.45, 2.75) is 138 Å². The summed E-state index contributed by atoms with van der Waals surface area (Å²) in [5.74, 6) is 41.4. The van der Waals surface area contributed by atoms with Crippen LogP contribution in [-0.2, 0) is 0 Å². The van der Waals surface area contributed by atoms with Gasteiger partial charge in [0.1, 0.15) is 0 Å². The van der Waals surface area contributed by atoms with E-state index in [1.807, 2.05) is 0 Å². The van der Waals surface area contributed by atoms with Gasteiger partial charge in [0.25, 0.3) is 0 Å². The van der Waals surface area contributed by atoms with E-state index >= 15 is 0 Å². The van der Waals surface area contributed by atoms with Crippen molar-refractivity contribution in [1.82, 2.24) is 11.7 Å². The van der Waals surface area contributed by atoms with Gasteiger partial charge in [-0.2, -0.15) is 0 Å². The summed E-state index contributed by atoms with van der Waals surface area (Å²) in [6, 6.07) is 0. The second kappa shape index (κ2) is 23.1. The third kappa shape index (κ3) is 12.4. The summed E-state index contributed by atoms with van der Waals surface area (Å²) in [6.07, 6.45) is 0. The van der Waals surface area contributed by atoms with Crippen molar-refractivity contribution in [3.05, 3.63) is 118 Å². The van der Waals surface area contributed by atoms with E-state index in [9.17, 15) is 0 Å². The zero-order valence-corrected chi connectivity index (χ0v) is 36.9. The van der Waals surface area contributed by atoms with E-state index in [2.05, 4.69) is 138 Å². The minimum absolute atomic E-state index is 0. The van der Waals surface area contributed by atoms with E-state index in [-0.39, 0.29) is 80.8 Å². The number of hydrogen-bond acceptors (Lipinski definition) is 0. The fourth-order valence-corrected chi connectivity index (χ4v) is 5.62. The Kier molecular flexibility index (Phi) is 26.8. The molecular formula is C40H60N2Sm2. The largest absolute Gasteiger partial charge is 0.0579 e. The van der Waals surface area contributed by atoms with Crippen LogP contribution in [-0.4, -0.2) is 0 Å². The zero-order chi connectivity index (χ0) is 33.5. The Morgan fingerprint density at radius 3 is 0.205 bits per heavy atom. The molecule has 0 heterocycles. The Morgan fingerprint density at radius 1 is 0.159 bits per heavy atom. The molecule has 0 unspecified atom stereocenters. The molecule has 44 heavy (non-hydrogen) atoms. The number of hydrogen-bond donors (Lipinski definition) is 0. The molecule has 4 heteroatoms. The molecular weight excluding hydrogens is 809 g/mol. The number of rotatable bonds is 0. The van der Waals surface area contributed by atoms with Crippen molar-refractivity contribution in [3.8, 4) is 0 Å². The SMILES string of the molecule is C[C]1[C](C)[C](C)[C](C)[C]1C.C[C]1[C](C)[C](C)[C](C)[C]1C.C[C]1[C](C)[C](C)[C](C)[C]1C.C[C]1[C](C)[C](C)[C](C)[C]1C.[N][N].[Sm].[Sm]. The van der Waals surface area contributed by atoms with Gasteiger partial charge in [0.2, 0.25) is 0 Å². The molecule has 4 fully saturated rings. The topological polar surface area (TPSA) is 44.6 Å². The van der Waals surface area contributed by atoms with E-state index in [4.69, 9.17) is 11.7 Å². The Hall–Kier alpha value is 2.60. The Morgan fingerprint density at radius 2 is 0.182 bits per heavy atom. The summed E-state index contributed by atoms with van der Waals surface area (Å²) in [6.45, 7) is 44.0. The molecule has 24 radical (unpaired) electrons. The van der Waals surface area contributed by atoms with Crippen LogP contribution in [0.5, 0.6) is 0 Å². The molecule has 2 nitrogen and oxygen atoms in total. The molecule has 0 bridgehead atoms. The minimum Gasteiger partial charge on any atom is -0.0579 e. The van der Waals surface area contributed by atoms with Crippen molar-refractivity contribution in [1.29, 1.82) is 0 Å². The minimum atomic E-state index is 0. The van der Waals surface area contributed by atoms with Crippen molar-refractivity contribution >= 4 is 0 Å². The van der Waals surface area contributed by atoms with Crippen molar-refractivity contribution in [2.75, 3.05) is 0 Å². The van der Waals surface area contributed by atoms with Crippen LogP contribution in [0.2, 0.25) is 0 Å². The Bertz CT molecular complexity index is 433. The first-order valence-electron chi connectivity index (χ1n) is 15.2. The van der Waals surface area contributed by atoms with E-state index in [0.29, 0.717) is 0 Å². The van der Waals surface area contributed by atoms with Crippen molar-refractivity contribution in [2.24, 2.45) is 0 Å². The molecule has 0 atom stereocenters. The van der Waals surface area contributed by atoms with Crippen LogP contribution in [0.15, 0.2) is 0 Å². The van der Waals surface area contributed by atoms with Crippen molar-refractivity contribution < 1.29 is 80.8 Å². The first-order valence-corrected chi connectivity index (χ1v) is 15.2. The quantitative estimate of drug-likeness (QED) is 0.218. The van der Waals surface area contributed by atoms with Crippen LogP contribution in [0.4, 0.5) is 0 Å². The average molecular weight is 870 g/mol. The van der Waals surface area contributed by atoms with Gasteiger partial charge in [0.05, 0.1) is 0 Å². The van der Waals surface area contributed by atoms with Crippen LogP contribution in [0.3, 0.4) is 0 Å². The molecule has 0 spiro atoms. The molecule has 242 valence electrons. The van der Waals surface area contributed by atoms with Crippen LogP contribution in [0.1, 0.15) is 138 Å². The van der Waals surface area contributed by atoms with Gasteiger partial charge in [-0.1, -0.05) is 138 Å². The molecule has 4 aliphatic rings. The van der Waals surface area contributed by atoms with Gasteiger partial charge in [-0.3, -0.25) is 0 Å². The van der Waals surface area contributed by atoms with Crippen LogP contribution in [0, 0.1) is 199 Å². The van der Waals surface area contributed by atoms with Gasteiger partial charge in [0, 0.05) is 92.5 Å². The maximum atomic E-state index is 6.00. The fourth-order valence-electron chi connectivity index (χ4n) is 5.62. The van der Waals surface area contributed by atoms with Gasteiger partial charge in [-0.25, -0.2) is 0 Å². The summed E-state index contributed by atoms with van der Waals surface area (Å²) in [7, 11) is 0. The van der Waals surface area contributed by atoms with E-state index < -0.39 is 0 Å². The molecule has 0 aliphatic heterocycles. The molecule has 0 aromatic carbocycles. The number of nitrogens with zero attached hydrogens (tertiary/aromatic N) is 2. The third-order valence-electron chi connectivity index (χ3n) is 11.2. The molecule has 4 aliphatic carbocycles. The van der Waals surface area contributed by atoms with Crippen LogP contribution >= 0.6 is 0 Å². The van der Waals surface area contributed by atoms with E-state index in [1.165, 1.54) is 118 Å². The van der Waals surface area contributed by atoms with Crippen LogP contribution < -0.4 is 11.7 Å². The maximum absolute atomic E-state index is 6.00. The summed E-state index contributed by atoms with van der Waals surface area (Å²) in [5, 5.41) is 0. The molecule has 0 amide bonds. The molecule has 4 saturated carbocycles. The van der Waals surface area contributed by atoms with Gasteiger partial charge >= 0.3 is 0 Å². The normalized spacial score (nSPS) is 26.0. The molecule has 0 N–H and O–H groups in total. The molecule has 0 aromatic rings. The first kappa shape index (κ1) is 51.0.